The van der Waals surface area contributed by atoms with Crippen molar-refractivity contribution in [1.82, 2.24) is 0 Å². The minimum absolute atomic E-state index is 0.00642. The number of amides is 1. The van der Waals surface area contributed by atoms with E-state index in [0.717, 1.165) is 33.0 Å². The molecule has 1 heterocycles. The zero-order chi connectivity index (χ0) is 15.4. The lowest BCUT2D eigenvalue weighted by Gasteiger charge is -2.06. The van der Waals surface area contributed by atoms with Crippen molar-refractivity contribution in [2.45, 2.75) is 5.75 Å². The largest absolute Gasteiger partial charge is 0.454 e. The zero-order valence-corrected chi connectivity index (χ0v) is 14.1. The summed E-state index contributed by atoms with van der Waals surface area (Å²) >= 11 is 4.93. The average Bonchev–Trinajstić information content (AvgIpc) is 2.97. The predicted octanol–water partition coefficient (Wildman–Crippen LogP) is 4.05. The molecule has 22 heavy (non-hydrogen) atoms. The predicted molar refractivity (Wildman–Crippen MR) is 91.5 cm³/mol. The monoisotopic (exact) mass is 379 g/mol. The molecule has 0 saturated carbocycles. The fourth-order valence-electron chi connectivity index (χ4n) is 2.02. The molecule has 6 heteroatoms. The molecule has 1 N–H and O–H groups in total. The number of rotatable bonds is 5. The first-order valence-corrected chi connectivity index (χ1v) is 8.67. The van der Waals surface area contributed by atoms with Crippen molar-refractivity contribution >= 4 is 39.3 Å². The second kappa shape index (κ2) is 7.07. The maximum absolute atomic E-state index is 11.9. The van der Waals surface area contributed by atoms with Gasteiger partial charge < -0.3 is 14.8 Å². The highest BCUT2D eigenvalue weighted by Gasteiger charge is 2.13. The number of thioether (sulfide) groups is 1. The Labute approximate surface area is 141 Å². The topological polar surface area (TPSA) is 47.6 Å². The molecule has 1 aliphatic heterocycles. The van der Waals surface area contributed by atoms with Crippen LogP contribution in [0.15, 0.2) is 46.9 Å². The Morgan fingerprint density at radius 2 is 1.91 bits per heavy atom. The molecule has 0 saturated heterocycles. The standard InChI is InChI=1S/C16H14BrNO3S/c17-12-2-4-13(5-3-12)18-16(19)9-22-8-11-1-6-14-15(7-11)21-10-20-14/h1-7H,8-10H2,(H,18,19). The van der Waals surface area contributed by atoms with E-state index in [-0.39, 0.29) is 12.7 Å². The maximum Gasteiger partial charge on any atom is 0.234 e. The number of carbonyl (C=O) groups is 1. The fraction of sp³-hybridized carbons (Fsp3) is 0.188. The molecule has 1 aliphatic rings. The molecule has 3 rings (SSSR count). The van der Waals surface area contributed by atoms with E-state index in [1.165, 1.54) is 0 Å². The summed E-state index contributed by atoms with van der Waals surface area (Å²) in [5, 5.41) is 2.87. The first-order chi connectivity index (χ1) is 10.7. The average molecular weight is 380 g/mol. The van der Waals surface area contributed by atoms with Crippen molar-refractivity contribution in [3.05, 3.63) is 52.5 Å². The van der Waals surface area contributed by atoms with E-state index in [2.05, 4.69) is 21.2 Å². The molecule has 114 valence electrons. The summed E-state index contributed by atoms with van der Waals surface area (Å²) in [7, 11) is 0. The van der Waals surface area contributed by atoms with Crippen LogP contribution in [0.2, 0.25) is 0 Å². The SMILES string of the molecule is O=C(CSCc1ccc2c(c1)OCO2)Nc1ccc(Br)cc1. The van der Waals surface area contributed by atoms with Crippen molar-refractivity contribution in [3.63, 3.8) is 0 Å². The van der Waals surface area contributed by atoms with E-state index in [9.17, 15) is 4.79 Å². The molecular formula is C16H14BrNO3S. The molecule has 4 nitrogen and oxygen atoms in total. The molecule has 0 fully saturated rings. The number of halogens is 1. The number of fused-ring (bicyclic) bond motifs is 1. The first kappa shape index (κ1) is 15.2. The number of benzene rings is 2. The second-order valence-electron chi connectivity index (χ2n) is 4.74. The molecule has 0 unspecified atom stereocenters. The van der Waals surface area contributed by atoms with Crippen molar-refractivity contribution in [3.8, 4) is 11.5 Å². The van der Waals surface area contributed by atoms with Crippen molar-refractivity contribution in [1.29, 1.82) is 0 Å². The van der Waals surface area contributed by atoms with Crippen LogP contribution in [0, 0.1) is 0 Å². The van der Waals surface area contributed by atoms with E-state index < -0.39 is 0 Å². The Balaban J connectivity index is 1.46. The number of hydrogen-bond acceptors (Lipinski definition) is 4. The van der Waals surface area contributed by atoms with E-state index >= 15 is 0 Å². The van der Waals surface area contributed by atoms with Crippen LogP contribution in [0.1, 0.15) is 5.56 Å². The van der Waals surface area contributed by atoms with Gasteiger partial charge in [-0.2, -0.15) is 0 Å². The van der Waals surface area contributed by atoms with Gasteiger partial charge in [0.15, 0.2) is 11.5 Å². The first-order valence-electron chi connectivity index (χ1n) is 6.72. The summed E-state index contributed by atoms with van der Waals surface area (Å²) in [5.41, 5.74) is 1.92. The van der Waals surface area contributed by atoms with Gasteiger partial charge in [-0.15, -0.1) is 11.8 Å². The molecule has 0 bridgehead atoms. The van der Waals surface area contributed by atoms with Gasteiger partial charge in [-0.1, -0.05) is 22.0 Å². The Morgan fingerprint density at radius 1 is 1.14 bits per heavy atom. The molecule has 0 atom stereocenters. The third-order valence-corrected chi connectivity index (χ3v) is 4.60. The van der Waals surface area contributed by atoms with Gasteiger partial charge in [-0.3, -0.25) is 4.79 Å². The number of ether oxygens (including phenoxy) is 2. The molecule has 0 aliphatic carbocycles. The summed E-state index contributed by atoms with van der Waals surface area (Å²) in [4.78, 5) is 11.9. The highest BCUT2D eigenvalue weighted by Crippen LogP contribution is 2.33. The summed E-state index contributed by atoms with van der Waals surface area (Å²) < 4.78 is 11.6. The van der Waals surface area contributed by atoms with Gasteiger partial charge in [0.25, 0.3) is 0 Å². The molecular weight excluding hydrogens is 366 g/mol. The van der Waals surface area contributed by atoms with Crippen LogP contribution in [-0.4, -0.2) is 18.5 Å². The molecule has 1 amide bonds. The molecule has 0 radical (unpaired) electrons. The third kappa shape index (κ3) is 3.96. The van der Waals surface area contributed by atoms with Crippen LogP contribution >= 0.6 is 27.7 Å². The zero-order valence-electron chi connectivity index (χ0n) is 11.7. The minimum Gasteiger partial charge on any atom is -0.454 e. The van der Waals surface area contributed by atoms with Crippen molar-refractivity contribution in [2.75, 3.05) is 17.9 Å². The molecule has 2 aromatic rings. The van der Waals surface area contributed by atoms with Crippen molar-refractivity contribution < 1.29 is 14.3 Å². The third-order valence-electron chi connectivity index (χ3n) is 3.07. The van der Waals surface area contributed by atoms with Crippen LogP contribution < -0.4 is 14.8 Å². The smallest absolute Gasteiger partial charge is 0.234 e. The van der Waals surface area contributed by atoms with Gasteiger partial charge in [0.2, 0.25) is 12.7 Å². The van der Waals surface area contributed by atoms with E-state index in [1.54, 1.807) is 11.8 Å². The lowest BCUT2D eigenvalue weighted by Crippen LogP contribution is -2.14. The summed E-state index contributed by atoms with van der Waals surface area (Å²) in [6, 6.07) is 13.4. The van der Waals surface area contributed by atoms with Crippen LogP contribution in [0.5, 0.6) is 11.5 Å². The highest BCUT2D eigenvalue weighted by atomic mass is 79.9. The Hall–Kier alpha value is -1.66. The quantitative estimate of drug-likeness (QED) is 0.850. The highest BCUT2D eigenvalue weighted by molar-refractivity contribution is 9.10. The molecule has 0 spiro atoms. The van der Waals surface area contributed by atoms with Gasteiger partial charge in [0, 0.05) is 15.9 Å². The van der Waals surface area contributed by atoms with Crippen LogP contribution in [0.4, 0.5) is 5.69 Å². The summed E-state index contributed by atoms with van der Waals surface area (Å²) in [6.45, 7) is 0.279. The van der Waals surface area contributed by atoms with Crippen LogP contribution in [0.25, 0.3) is 0 Å². The normalized spacial score (nSPS) is 12.2. The van der Waals surface area contributed by atoms with E-state index in [1.807, 2.05) is 42.5 Å². The van der Waals surface area contributed by atoms with Crippen molar-refractivity contribution in [2.24, 2.45) is 0 Å². The second-order valence-corrected chi connectivity index (χ2v) is 6.64. The van der Waals surface area contributed by atoms with Gasteiger partial charge >= 0.3 is 0 Å². The van der Waals surface area contributed by atoms with Gasteiger partial charge in [0.05, 0.1) is 5.75 Å². The summed E-state index contributed by atoms with van der Waals surface area (Å²) in [5.74, 6) is 2.71. The maximum atomic E-state index is 11.9. The Bertz CT molecular complexity index is 676. The minimum atomic E-state index is -0.00642. The van der Waals surface area contributed by atoms with E-state index in [0.29, 0.717) is 5.75 Å². The lowest BCUT2D eigenvalue weighted by atomic mass is 10.2. The van der Waals surface area contributed by atoms with Crippen LogP contribution in [0.3, 0.4) is 0 Å². The van der Waals surface area contributed by atoms with Gasteiger partial charge in [-0.25, -0.2) is 0 Å². The lowest BCUT2D eigenvalue weighted by molar-refractivity contribution is -0.113. The number of nitrogens with one attached hydrogen (secondary N) is 1. The fourth-order valence-corrected chi connectivity index (χ4v) is 3.06. The summed E-state index contributed by atoms with van der Waals surface area (Å²) in [6.07, 6.45) is 0. The Morgan fingerprint density at radius 3 is 2.73 bits per heavy atom. The number of hydrogen-bond donors (Lipinski definition) is 1. The Kier molecular flexibility index (Phi) is 4.90. The molecule has 2 aromatic carbocycles. The van der Waals surface area contributed by atoms with Gasteiger partial charge in [0.1, 0.15) is 0 Å². The number of anilines is 1. The number of carbonyl (C=O) groups excluding carboxylic acids is 1. The van der Waals surface area contributed by atoms with E-state index in [4.69, 9.17) is 9.47 Å². The molecule has 0 aromatic heterocycles. The van der Waals surface area contributed by atoms with Gasteiger partial charge in [-0.05, 0) is 42.0 Å². The van der Waals surface area contributed by atoms with Crippen LogP contribution in [-0.2, 0) is 10.5 Å².